The molecule has 96 valence electrons. The molecule has 0 heterocycles. The van der Waals surface area contributed by atoms with E-state index in [1.807, 2.05) is 0 Å². The van der Waals surface area contributed by atoms with Crippen molar-refractivity contribution in [1.82, 2.24) is 0 Å². The van der Waals surface area contributed by atoms with Crippen molar-refractivity contribution in [2.75, 3.05) is 17.3 Å². The average molecular weight is 306 g/mol. The molecule has 0 bridgehead atoms. The van der Waals surface area contributed by atoms with Crippen LogP contribution in [-0.2, 0) is 0 Å². The molecule has 0 atom stereocenters. The van der Waals surface area contributed by atoms with Gasteiger partial charge < -0.3 is 15.8 Å². The lowest BCUT2D eigenvalue weighted by Gasteiger charge is -2.28. The van der Waals surface area contributed by atoms with Crippen LogP contribution in [0.2, 0.25) is 0 Å². The highest BCUT2D eigenvalue weighted by Gasteiger charge is 2.22. The second-order valence-corrected chi connectivity index (χ2v) is 5.49. The quantitative estimate of drug-likeness (QED) is 0.453. The summed E-state index contributed by atoms with van der Waals surface area (Å²) in [7, 11) is 0. The lowest BCUT2D eigenvalue weighted by molar-refractivity contribution is 0.0874. The highest BCUT2D eigenvalue weighted by atomic mass is 79.9. The summed E-state index contributed by atoms with van der Waals surface area (Å²) in [6, 6.07) is 1.51. The van der Waals surface area contributed by atoms with Gasteiger partial charge in [0.15, 0.2) is 0 Å². The van der Waals surface area contributed by atoms with Crippen molar-refractivity contribution in [3.63, 3.8) is 0 Å². The first kappa shape index (κ1) is 14.2. The molecule has 17 heavy (non-hydrogen) atoms. The summed E-state index contributed by atoms with van der Waals surface area (Å²) in [5.41, 5.74) is 5.96. The van der Waals surface area contributed by atoms with Crippen LogP contribution in [0.5, 0.6) is 0 Å². The maximum Gasteiger partial charge on any atom is 0.142 e. The minimum absolute atomic E-state index is 0.137. The van der Waals surface area contributed by atoms with Crippen LogP contribution < -0.4 is 16.6 Å². The van der Waals surface area contributed by atoms with E-state index in [-0.39, 0.29) is 11.0 Å². The van der Waals surface area contributed by atoms with Crippen LogP contribution in [0.15, 0.2) is 10.5 Å². The Kier molecular flexibility index (Phi) is 4.01. The van der Waals surface area contributed by atoms with E-state index in [4.69, 9.17) is 11.6 Å². The summed E-state index contributed by atoms with van der Waals surface area (Å²) in [6.07, 6.45) is 0. The molecule has 0 fully saturated rings. The number of aryl methyl sites for hydroxylation is 1. The van der Waals surface area contributed by atoms with Crippen molar-refractivity contribution in [2.24, 2.45) is 5.84 Å². The van der Waals surface area contributed by atoms with E-state index in [1.165, 1.54) is 11.1 Å². The van der Waals surface area contributed by atoms with E-state index in [0.717, 1.165) is 0 Å². The molecule has 0 aliphatic carbocycles. The summed E-state index contributed by atoms with van der Waals surface area (Å²) in [4.78, 5) is 0. The van der Waals surface area contributed by atoms with E-state index in [0.29, 0.717) is 16.9 Å². The molecule has 5 N–H and O–H groups in total. The Morgan fingerprint density at radius 1 is 1.53 bits per heavy atom. The normalized spacial score (nSPS) is 11.7. The molecule has 4 nitrogen and oxygen atoms in total. The molecule has 0 aliphatic heterocycles. The van der Waals surface area contributed by atoms with Crippen molar-refractivity contribution in [3.05, 3.63) is 21.9 Å². The first-order chi connectivity index (χ1) is 7.63. The minimum Gasteiger partial charge on any atom is -0.397 e. The Morgan fingerprint density at radius 3 is 2.53 bits per heavy atom. The maximum absolute atomic E-state index is 13.7. The van der Waals surface area contributed by atoms with Crippen LogP contribution in [0.4, 0.5) is 15.8 Å². The Morgan fingerprint density at radius 2 is 2.06 bits per heavy atom. The van der Waals surface area contributed by atoms with E-state index < -0.39 is 11.4 Å². The predicted octanol–water partition coefficient (Wildman–Crippen LogP) is 1.93. The Hall–Kier alpha value is -0.850. The van der Waals surface area contributed by atoms with E-state index in [1.54, 1.807) is 20.8 Å². The van der Waals surface area contributed by atoms with Gasteiger partial charge in [0.2, 0.25) is 0 Å². The van der Waals surface area contributed by atoms with Crippen LogP contribution in [0, 0.1) is 12.7 Å². The number of nitrogen functional groups attached to an aromatic ring is 1. The monoisotopic (exact) mass is 305 g/mol. The topological polar surface area (TPSA) is 75.5 Å². The molecular weight excluding hydrogens is 289 g/mol. The van der Waals surface area contributed by atoms with Gasteiger partial charge in [0.1, 0.15) is 5.82 Å². The smallest absolute Gasteiger partial charge is 0.142 e. The zero-order valence-electron chi connectivity index (χ0n) is 10.1. The van der Waals surface area contributed by atoms with E-state index in [2.05, 4.69) is 15.9 Å². The number of anilines is 2. The second-order valence-electron chi connectivity index (χ2n) is 4.70. The number of benzene rings is 1. The third-order valence-electron chi connectivity index (χ3n) is 2.24. The van der Waals surface area contributed by atoms with Crippen LogP contribution in [-0.4, -0.2) is 17.3 Å². The zero-order chi connectivity index (χ0) is 13.4. The van der Waals surface area contributed by atoms with Gasteiger partial charge in [-0.1, -0.05) is 0 Å². The van der Waals surface area contributed by atoms with Crippen molar-refractivity contribution in [1.29, 1.82) is 0 Å². The molecule has 0 aromatic heterocycles. The minimum atomic E-state index is -0.998. The first-order valence-electron chi connectivity index (χ1n) is 5.12. The number of halogens is 2. The summed E-state index contributed by atoms with van der Waals surface area (Å²) >= 11 is 3.13. The molecule has 1 aromatic carbocycles. The Bertz CT molecular complexity index is 432. The van der Waals surface area contributed by atoms with Crippen molar-refractivity contribution in [2.45, 2.75) is 26.4 Å². The number of hydrogen-bond donors (Lipinski definition) is 3. The average Bonchev–Trinajstić information content (AvgIpc) is 2.11. The van der Waals surface area contributed by atoms with Crippen molar-refractivity contribution < 1.29 is 9.50 Å². The molecule has 0 radical (unpaired) electrons. The molecule has 6 heteroatoms. The highest BCUT2D eigenvalue weighted by molar-refractivity contribution is 9.10. The Balaban J connectivity index is 3.18. The number of rotatable bonds is 3. The molecule has 0 aliphatic rings. The molecule has 0 saturated heterocycles. The lowest BCUT2D eigenvalue weighted by Crippen LogP contribution is -2.43. The van der Waals surface area contributed by atoms with Crippen LogP contribution in [0.3, 0.4) is 0 Å². The van der Waals surface area contributed by atoms with Crippen LogP contribution in [0.1, 0.15) is 19.4 Å². The Labute approximate surface area is 108 Å². The van der Waals surface area contributed by atoms with Gasteiger partial charge in [0.05, 0.1) is 28.0 Å². The van der Waals surface area contributed by atoms with Crippen molar-refractivity contribution >= 4 is 27.3 Å². The number of hydrogen-bond acceptors (Lipinski definition) is 4. The third kappa shape index (κ3) is 3.31. The summed E-state index contributed by atoms with van der Waals surface area (Å²) in [5, 5.41) is 10.9. The lowest BCUT2D eigenvalue weighted by atomic mass is 10.1. The fraction of sp³-hybridized carbons (Fsp3) is 0.455. The van der Waals surface area contributed by atoms with Crippen LogP contribution >= 0.6 is 15.9 Å². The molecule has 0 saturated carbocycles. The van der Waals surface area contributed by atoms with Gasteiger partial charge in [0, 0.05) is 0 Å². The number of hydrazine groups is 1. The molecule has 0 amide bonds. The molecule has 1 rings (SSSR count). The first-order valence-corrected chi connectivity index (χ1v) is 5.91. The van der Waals surface area contributed by atoms with Crippen molar-refractivity contribution in [3.8, 4) is 0 Å². The second kappa shape index (κ2) is 4.80. The fourth-order valence-corrected chi connectivity index (χ4v) is 2.33. The van der Waals surface area contributed by atoms with Gasteiger partial charge in [-0.2, -0.15) is 0 Å². The van der Waals surface area contributed by atoms with Gasteiger partial charge in [-0.3, -0.25) is 0 Å². The fourth-order valence-electron chi connectivity index (χ4n) is 1.56. The van der Waals surface area contributed by atoms with Gasteiger partial charge in [-0.25, -0.2) is 10.2 Å². The standard InChI is InChI=1S/C11H17BrFN3O/c1-6-4-7(14)10(8(12)9(6)13)16(15)5-11(2,3)17/h4,17H,5,14-15H2,1-3H3. The highest BCUT2D eigenvalue weighted by Crippen LogP contribution is 2.35. The number of aliphatic hydroxyl groups is 1. The summed E-state index contributed by atoms with van der Waals surface area (Å²) in [6.45, 7) is 4.98. The van der Waals surface area contributed by atoms with Gasteiger partial charge in [0.25, 0.3) is 0 Å². The molecule has 0 spiro atoms. The van der Waals surface area contributed by atoms with E-state index in [9.17, 15) is 9.50 Å². The third-order valence-corrected chi connectivity index (χ3v) is 2.96. The predicted molar refractivity (Wildman–Crippen MR) is 71.1 cm³/mol. The van der Waals surface area contributed by atoms with Gasteiger partial charge in [-0.15, -0.1) is 0 Å². The van der Waals surface area contributed by atoms with Crippen LogP contribution in [0.25, 0.3) is 0 Å². The summed E-state index contributed by atoms with van der Waals surface area (Å²) in [5.74, 6) is 5.40. The number of nitrogens with two attached hydrogens (primary N) is 2. The SMILES string of the molecule is Cc1cc(N)c(N(N)CC(C)(C)O)c(Br)c1F. The molecule has 0 unspecified atom stereocenters. The number of nitrogens with zero attached hydrogens (tertiary/aromatic N) is 1. The summed E-state index contributed by atoms with van der Waals surface area (Å²) < 4.78 is 13.9. The molecule has 1 aromatic rings. The zero-order valence-corrected chi connectivity index (χ0v) is 11.7. The maximum atomic E-state index is 13.7. The molecular formula is C11H17BrFN3O. The largest absolute Gasteiger partial charge is 0.397 e. The van der Waals surface area contributed by atoms with Gasteiger partial charge in [-0.05, 0) is 48.3 Å². The van der Waals surface area contributed by atoms with Gasteiger partial charge >= 0.3 is 0 Å². The van der Waals surface area contributed by atoms with E-state index >= 15 is 0 Å².